The third-order valence-electron chi connectivity index (χ3n) is 2.67. The Morgan fingerprint density at radius 1 is 1.20 bits per heavy atom. The number of hydrogen-bond acceptors (Lipinski definition) is 4. The van der Waals surface area contributed by atoms with E-state index in [0.29, 0.717) is 17.6 Å². The first-order valence-corrected chi connectivity index (χ1v) is 5.71. The number of rotatable bonds is 5. The molecule has 0 heterocycles. The molecule has 0 aromatic heterocycles. The van der Waals surface area contributed by atoms with Crippen LogP contribution in [0.4, 0.5) is 10.1 Å². The van der Waals surface area contributed by atoms with Gasteiger partial charge < -0.3 is 4.74 Å². The monoisotopic (exact) mass is 275 g/mol. The molecule has 6 heteroatoms. The molecule has 0 amide bonds. The predicted molar refractivity (Wildman–Crippen MR) is 69.2 cm³/mol. The van der Waals surface area contributed by atoms with Gasteiger partial charge in [0.2, 0.25) is 5.82 Å². The first kappa shape index (κ1) is 13.7. The Kier molecular flexibility index (Phi) is 4.05. The maximum absolute atomic E-state index is 13.8. The SMILES string of the molecule is O=Cc1ccc(OCc2cccc([N+](=O)[O-])c2F)cc1. The summed E-state index contributed by atoms with van der Waals surface area (Å²) < 4.78 is 19.1. The predicted octanol–water partition coefficient (Wildman–Crippen LogP) is 3.13. The number of benzene rings is 2. The zero-order valence-corrected chi connectivity index (χ0v) is 10.3. The molecular formula is C14H10FNO4. The van der Waals surface area contributed by atoms with Gasteiger partial charge in [0, 0.05) is 17.2 Å². The highest BCUT2D eigenvalue weighted by molar-refractivity contribution is 5.74. The largest absolute Gasteiger partial charge is 0.489 e. The average Bonchev–Trinajstić information content (AvgIpc) is 2.46. The third-order valence-corrected chi connectivity index (χ3v) is 2.67. The number of nitro groups is 1. The van der Waals surface area contributed by atoms with Gasteiger partial charge in [-0.2, -0.15) is 4.39 Å². The van der Waals surface area contributed by atoms with Crippen molar-refractivity contribution in [3.8, 4) is 5.75 Å². The van der Waals surface area contributed by atoms with Crippen LogP contribution in [-0.4, -0.2) is 11.2 Å². The minimum absolute atomic E-state index is 0.0960. The van der Waals surface area contributed by atoms with Crippen molar-refractivity contribution in [1.82, 2.24) is 0 Å². The van der Waals surface area contributed by atoms with Gasteiger partial charge in [0.05, 0.1) is 4.92 Å². The minimum Gasteiger partial charge on any atom is -0.489 e. The summed E-state index contributed by atoms with van der Waals surface area (Å²) in [6.45, 7) is -0.131. The summed E-state index contributed by atoms with van der Waals surface area (Å²) in [5.74, 6) is -0.455. The lowest BCUT2D eigenvalue weighted by molar-refractivity contribution is -0.387. The number of carbonyl (C=O) groups is 1. The van der Waals surface area contributed by atoms with Crippen LogP contribution in [0.3, 0.4) is 0 Å². The maximum atomic E-state index is 13.8. The first-order chi connectivity index (χ1) is 9.61. The molecule has 0 fully saturated rings. The van der Waals surface area contributed by atoms with E-state index >= 15 is 0 Å². The number of ether oxygens (including phenoxy) is 1. The van der Waals surface area contributed by atoms with E-state index in [4.69, 9.17) is 4.74 Å². The van der Waals surface area contributed by atoms with E-state index in [-0.39, 0.29) is 12.2 Å². The summed E-state index contributed by atoms with van der Waals surface area (Å²) in [6, 6.07) is 10.2. The molecule has 0 bridgehead atoms. The minimum atomic E-state index is -0.901. The quantitative estimate of drug-likeness (QED) is 0.477. The van der Waals surface area contributed by atoms with E-state index < -0.39 is 16.4 Å². The molecule has 102 valence electrons. The van der Waals surface area contributed by atoms with Crippen LogP contribution in [0.15, 0.2) is 42.5 Å². The van der Waals surface area contributed by atoms with Crippen LogP contribution in [-0.2, 0) is 6.61 Å². The van der Waals surface area contributed by atoms with Crippen LogP contribution >= 0.6 is 0 Å². The van der Waals surface area contributed by atoms with Crippen molar-refractivity contribution in [3.05, 3.63) is 69.5 Å². The number of carbonyl (C=O) groups excluding carboxylic acids is 1. The highest BCUT2D eigenvalue weighted by Gasteiger charge is 2.17. The fourth-order valence-corrected chi connectivity index (χ4v) is 1.62. The lowest BCUT2D eigenvalue weighted by atomic mass is 10.2. The van der Waals surface area contributed by atoms with Crippen molar-refractivity contribution in [1.29, 1.82) is 0 Å². The second-order valence-electron chi connectivity index (χ2n) is 3.98. The summed E-state index contributed by atoms with van der Waals surface area (Å²) in [6.07, 6.45) is 0.698. The Morgan fingerprint density at radius 2 is 1.90 bits per heavy atom. The van der Waals surface area contributed by atoms with Gasteiger partial charge in [0.1, 0.15) is 18.6 Å². The lowest BCUT2D eigenvalue weighted by Crippen LogP contribution is -2.01. The highest BCUT2D eigenvalue weighted by atomic mass is 19.1. The van der Waals surface area contributed by atoms with E-state index in [1.807, 2.05) is 0 Å². The second kappa shape index (κ2) is 5.92. The number of nitro benzene ring substituents is 1. The van der Waals surface area contributed by atoms with E-state index in [1.165, 1.54) is 12.1 Å². The van der Waals surface area contributed by atoms with Crippen LogP contribution in [0.2, 0.25) is 0 Å². The molecule has 0 radical (unpaired) electrons. The Labute approximate surface area is 113 Å². The maximum Gasteiger partial charge on any atom is 0.305 e. The van der Waals surface area contributed by atoms with Crippen LogP contribution < -0.4 is 4.74 Å². The molecule has 2 aromatic carbocycles. The summed E-state index contributed by atoms with van der Waals surface area (Å²) in [5, 5.41) is 10.6. The summed E-state index contributed by atoms with van der Waals surface area (Å²) >= 11 is 0. The molecule has 0 atom stereocenters. The number of hydrogen-bond donors (Lipinski definition) is 0. The zero-order valence-electron chi connectivity index (χ0n) is 10.3. The fraction of sp³-hybridized carbons (Fsp3) is 0.0714. The van der Waals surface area contributed by atoms with Gasteiger partial charge in [0.15, 0.2) is 0 Å². The number of halogens is 1. The van der Waals surface area contributed by atoms with Crippen LogP contribution in [0, 0.1) is 15.9 Å². The smallest absolute Gasteiger partial charge is 0.305 e. The van der Waals surface area contributed by atoms with E-state index in [1.54, 1.807) is 24.3 Å². The van der Waals surface area contributed by atoms with Crippen LogP contribution in [0.25, 0.3) is 0 Å². The van der Waals surface area contributed by atoms with Gasteiger partial charge in [-0.25, -0.2) is 0 Å². The number of nitrogens with zero attached hydrogens (tertiary/aromatic N) is 1. The van der Waals surface area contributed by atoms with Gasteiger partial charge in [-0.15, -0.1) is 0 Å². The van der Waals surface area contributed by atoms with Gasteiger partial charge in [0.25, 0.3) is 0 Å². The van der Waals surface area contributed by atoms with E-state index in [9.17, 15) is 19.3 Å². The number of aldehydes is 1. The normalized spacial score (nSPS) is 10.1. The molecule has 0 spiro atoms. The summed E-state index contributed by atoms with van der Waals surface area (Å²) in [4.78, 5) is 20.3. The molecule has 0 saturated heterocycles. The van der Waals surface area contributed by atoms with Gasteiger partial charge in [-0.05, 0) is 24.3 Å². The van der Waals surface area contributed by atoms with Crippen molar-refractivity contribution in [3.63, 3.8) is 0 Å². The van der Waals surface area contributed by atoms with Gasteiger partial charge >= 0.3 is 5.69 Å². The van der Waals surface area contributed by atoms with Gasteiger partial charge in [-0.1, -0.05) is 12.1 Å². The Balaban J connectivity index is 2.12. The molecule has 0 saturated carbocycles. The zero-order chi connectivity index (χ0) is 14.5. The van der Waals surface area contributed by atoms with Crippen molar-refractivity contribution < 1.29 is 18.8 Å². The van der Waals surface area contributed by atoms with E-state index in [0.717, 1.165) is 6.07 Å². The molecule has 2 rings (SSSR count). The van der Waals surface area contributed by atoms with Crippen molar-refractivity contribution in [2.24, 2.45) is 0 Å². The Hall–Kier alpha value is -2.76. The second-order valence-corrected chi connectivity index (χ2v) is 3.98. The first-order valence-electron chi connectivity index (χ1n) is 5.71. The molecule has 0 N–H and O–H groups in total. The fourth-order valence-electron chi connectivity index (χ4n) is 1.62. The van der Waals surface area contributed by atoms with Crippen molar-refractivity contribution in [2.75, 3.05) is 0 Å². The summed E-state index contributed by atoms with van der Waals surface area (Å²) in [7, 11) is 0. The third kappa shape index (κ3) is 2.97. The molecule has 2 aromatic rings. The lowest BCUT2D eigenvalue weighted by Gasteiger charge is -2.07. The highest BCUT2D eigenvalue weighted by Crippen LogP contribution is 2.21. The van der Waals surface area contributed by atoms with Crippen molar-refractivity contribution >= 4 is 12.0 Å². The molecule has 5 nitrogen and oxygen atoms in total. The molecule has 0 aliphatic carbocycles. The molecule has 0 aliphatic heterocycles. The van der Waals surface area contributed by atoms with Crippen molar-refractivity contribution in [2.45, 2.75) is 6.61 Å². The standard InChI is InChI=1S/C14H10FNO4/c15-14-11(2-1-3-13(14)16(18)19)9-20-12-6-4-10(8-17)5-7-12/h1-8H,9H2. The topological polar surface area (TPSA) is 69.4 Å². The molecular weight excluding hydrogens is 265 g/mol. The molecule has 0 aliphatic rings. The Bertz CT molecular complexity index is 640. The molecule has 20 heavy (non-hydrogen) atoms. The van der Waals surface area contributed by atoms with E-state index in [2.05, 4.69) is 0 Å². The summed E-state index contributed by atoms with van der Waals surface area (Å²) in [5.41, 5.74) is 0.0138. The van der Waals surface area contributed by atoms with Crippen LogP contribution in [0.5, 0.6) is 5.75 Å². The Morgan fingerprint density at radius 3 is 2.50 bits per heavy atom. The average molecular weight is 275 g/mol. The van der Waals surface area contributed by atoms with Gasteiger partial charge in [-0.3, -0.25) is 14.9 Å². The molecule has 0 unspecified atom stereocenters. The van der Waals surface area contributed by atoms with Crippen LogP contribution in [0.1, 0.15) is 15.9 Å².